The van der Waals surface area contributed by atoms with E-state index in [0.29, 0.717) is 45.8 Å². The first-order valence-electron chi connectivity index (χ1n) is 19.9. The highest BCUT2D eigenvalue weighted by Gasteiger charge is 2.45. The smallest absolute Gasteiger partial charge is 0.310 e. The second kappa shape index (κ2) is 13.6. The van der Waals surface area contributed by atoms with Crippen LogP contribution in [-0.2, 0) is 23.2 Å². The van der Waals surface area contributed by atoms with Gasteiger partial charge >= 0.3 is 12.4 Å². The Morgan fingerprint density at radius 1 is 0.350 bits per heavy atom. The molecule has 0 saturated carbocycles. The van der Waals surface area contributed by atoms with E-state index in [1.807, 2.05) is 98.8 Å². The Hall–Kier alpha value is -6.28. The van der Waals surface area contributed by atoms with Crippen LogP contribution < -0.4 is 9.80 Å². The molecule has 60 heavy (non-hydrogen) atoms. The van der Waals surface area contributed by atoms with Crippen molar-refractivity contribution in [3.63, 3.8) is 0 Å². The number of fused-ring (bicyclic) bond motifs is 4. The van der Waals surface area contributed by atoms with E-state index < -0.39 is 23.5 Å². The quantitative estimate of drug-likeness (QED) is 0.163. The normalized spacial score (nSPS) is 15.2. The van der Waals surface area contributed by atoms with Gasteiger partial charge in [0.05, 0.1) is 33.9 Å². The van der Waals surface area contributed by atoms with Crippen LogP contribution in [0.2, 0.25) is 0 Å². The third-order valence-electron chi connectivity index (χ3n) is 12.7. The molecular weight excluding hydrogens is 767 g/mol. The fraction of sp³-hybridized carbons (Fsp3) is 0.192. The molecule has 0 aromatic heterocycles. The predicted molar refractivity (Wildman–Crippen MR) is 230 cm³/mol. The second-order valence-electron chi connectivity index (χ2n) is 16.8. The molecule has 0 saturated heterocycles. The van der Waals surface area contributed by atoms with Crippen LogP contribution in [0.1, 0.15) is 72.2 Å². The molecule has 0 aliphatic carbocycles. The van der Waals surface area contributed by atoms with Gasteiger partial charge in [0.15, 0.2) is 0 Å². The minimum absolute atomic E-state index is 0.0504. The molecule has 2 aliphatic rings. The molecule has 8 heteroatoms. The highest BCUT2D eigenvalue weighted by atomic mass is 19.4. The Labute approximate surface area is 346 Å². The van der Waals surface area contributed by atoms with Crippen LogP contribution in [0.15, 0.2) is 146 Å². The molecule has 0 radical (unpaired) electrons. The van der Waals surface area contributed by atoms with Gasteiger partial charge in [0.2, 0.25) is 0 Å². The summed E-state index contributed by atoms with van der Waals surface area (Å²) in [4.78, 5) is 4.23. The summed E-state index contributed by atoms with van der Waals surface area (Å²) in [5.41, 5.74) is 7.29. The fourth-order valence-electron chi connectivity index (χ4n) is 9.69. The average Bonchev–Trinajstić information content (AvgIpc) is 3.21. The van der Waals surface area contributed by atoms with Gasteiger partial charge < -0.3 is 9.80 Å². The van der Waals surface area contributed by atoms with Gasteiger partial charge in [-0.15, -0.1) is 0 Å². The highest BCUT2D eigenvalue weighted by molar-refractivity contribution is 5.95. The van der Waals surface area contributed by atoms with E-state index in [9.17, 15) is 26.3 Å². The van der Waals surface area contributed by atoms with E-state index >= 15 is 0 Å². The summed E-state index contributed by atoms with van der Waals surface area (Å²) in [5, 5.41) is 0. The first-order chi connectivity index (χ1) is 28.4. The number of hydrogen-bond acceptors (Lipinski definition) is 2. The van der Waals surface area contributed by atoms with Gasteiger partial charge in [-0.1, -0.05) is 125 Å². The summed E-state index contributed by atoms with van der Waals surface area (Å²) in [6.45, 7) is 12.3. The molecular formula is C52H42F6N2. The van der Waals surface area contributed by atoms with Crippen LogP contribution in [0.4, 0.5) is 60.5 Å². The van der Waals surface area contributed by atoms with Crippen molar-refractivity contribution in [3.05, 3.63) is 190 Å². The topological polar surface area (TPSA) is 6.48 Å². The lowest BCUT2D eigenvalue weighted by Crippen LogP contribution is -2.30. The molecule has 0 atom stereocenters. The zero-order valence-electron chi connectivity index (χ0n) is 34.0. The van der Waals surface area contributed by atoms with Crippen LogP contribution in [-0.4, -0.2) is 0 Å². The van der Waals surface area contributed by atoms with Crippen LogP contribution in [0.25, 0.3) is 22.3 Å². The maximum atomic E-state index is 14.9. The minimum atomic E-state index is -5.29. The number of hydrogen-bond donors (Lipinski definition) is 0. The van der Waals surface area contributed by atoms with Crippen molar-refractivity contribution in [2.75, 3.05) is 9.80 Å². The summed E-state index contributed by atoms with van der Waals surface area (Å²) in [6, 6.07) is 44.4. The van der Waals surface area contributed by atoms with Crippen LogP contribution in [0.3, 0.4) is 0 Å². The van der Waals surface area contributed by atoms with Crippen LogP contribution in [0, 0.1) is 13.8 Å². The van der Waals surface area contributed by atoms with Gasteiger partial charge in [-0.2, -0.15) is 26.3 Å². The monoisotopic (exact) mass is 808 g/mol. The Morgan fingerprint density at radius 3 is 0.900 bits per heavy atom. The van der Waals surface area contributed by atoms with Gasteiger partial charge in [-0.05, 0) is 118 Å². The van der Waals surface area contributed by atoms with E-state index in [2.05, 4.69) is 61.8 Å². The first kappa shape index (κ1) is 39.2. The first-order valence-corrected chi connectivity index (χ1v) is 19.9. The fourth-order valence-corrected chi connectivity index (χ4v) is 9.69. The Balaban J connectivity index is 1.31. The number of benzene rings is 7. The summed E-state index contributed by atoms with van der Waals surface area (Å²) in [6.07, 6.45) is -10.6. The van der Waals surface area contributed by atoms with Gasteiger partial charge in [-0.25, -0.2) is 0 Å². The number of nitrogens with zero attached hydrogens (tertiary/aromatic N) is 2. The lowest BCUT2D eigenvalue weighted by molar-refractivity contribution is -0.162. The van der Waals surface area contributed by atoms with Crippen molar-refractivity contribution in [1.82, 2.24) is 0 Å². The van der Waals surface area contributed by atoms with E-state index in [-0.39, 0.29) is 22.0 Å². The van der Waals surface area contributed by atoms with E-state index in [1.54, 1.807) is 24.3 Å². The lowest BCUT2D eigenvalue weighted by Gasteiger charge is -2.42. The molecule has 7 aromatic rings. The molecule has 0 spiro atoms. The molecule has 9 rings (SSSR count). The average molecular weight is 809 g/mol. The second-order valence-corrected chi connectivity index (χ2v) is 16.8. The highest BCUT2D eigenvalue weighted by Crippen LogP contribution is 2.56. The van der Waals surface area contributed by atoms with Crippen molar-refractivity contribution >= 4 is 34.1 Å². The number of halogens is 6. The van der Waals surface area contributed by atoms with E-state index in [0.717, 1.165) is 45.0 Å². The Bertz CT molecular complexity index is 2550. The third kappa shape index (κ3) is 5.94. The van der Waals surface area contributed by atoms with Crippen molar-refractivity contribution < 1.29 is 26.3 Å². The van der Waals surface area contributed by atoms with Crippen LogP contribution >= 0.6 is 0 Å². The summed E-state index contributed by atoms with van der Waals surface area (Å²) in [7, 11) is 0. The predicted octanol–water partition coefficient (Wildman–Crippen LogP) is 15.9. The molecule has 2 nitrogen and oxygen atoms in total. The van der Waals surface area contributed by atoms with Gasteiger partial charge in [0.1, 0.15) is 0 Å². The van der Waals surface area contributed by atoms with Gasteiger partial charge in [0, 0.05) is 22.2 Å². The third-order valence-corrected chi connectivity index (χ3v) is 12.7. The minimum Gasteiger partial charge on any atom is -0.310 e. The molecule has 0 amide bonds. The number of alkyl halides is 6. The number of anilines is 6. The van der Waals surface area contributed by atoms with Gasteiger partial charge in [0.25, 0.3) is 0 Å². The lowest BCUT2D eigenvalue weighted by atomic mass is 9.73. The Kier molecular flexibility index (Phi) is 8.90. The van der Waals surface area contributed by atoms with Crippen LogP contribution in [0.5, 0.6) is 0 Å². The molecule has 2 aliphatic heterocycles. The van der Waals surface area contributed by atoms with Gasteiger partial charge in [-0.3, -0.25) is 0 Å². The summed E-state index contributed by atoms with van der Waals surface area (Å²) < 4.78 is 89.4. The van der Waals surface area contributed by atoms with Crippen molar-refractivity contribution in [1.29, 1.82) is 0 Å². The van der Waals surface area contributed by atoms with Crippen molar-refractivity contribution in [2.45, 2.75) is 64.7 Å². The maximum Gasteiger partial charge on any atom is 0.417 e. The van der Waals surface area contributed by atoms with E-state index in [4.69, 9.17) is 0 Å². The largest absolute Gasteiger partial charge is 0.417 e. The Morgan fingerprint density at radius 2 is 0.617 bits per heavy atom. The zero-order chi connectivity index (χ0) is 42.5. The molecule has 0 N–H and O–H groups in total. The molecule has 0 fully saturated rings. The molecule has 302 valence electrons. The zero-order valence-corrected chi connectivity index (χ0v) is 34.0. The molecule has 0 bridgehead atoms. The molecule has 0 unspecified atom stereocenters. The number of rotatable bonds is 4. The standard InChI is InChI=1S/C52H42F6N2/c1-31-33(17-15-27-43(31)59-45-23-11-7-19-37(45)49(3,4)38-20-8-12-24-46(38)59)35-29-41(51(53,54)55)42(52(56,57)58)30-36(35)34-18-16-28-44(32(34)2)60-47-25-13-9-21-39(47)50(5,6)40-22-10-14-26-48(40)60/h7-30H,1-6H3. The number of para-hydroxylation sites is 4. The molecule has 2 heterocycles. The summed E-state index contributed by atoms with van der Waals surface area (Å²) in [5.74, 6) is 0. The SMILES string of the molecule is Cc1c(-c2cc(C(F)(F)F)c(C(F)(F)F)cc2-c2cccc(N3c4ccccc4C(C)(C)c4ccccc43)c2C)cccc1N1c2ccccc2C(C)(C)c2ccccc21. The summed E-state index contributed by atoms with van der Waals surface area (Å²) >= 11 is 0. The van der Waals surface area contributed by atoms with Crippen molar-refractivity contribution in [2.24, 2.45) is 0 Å². The van der Waals surface area contributed by atoms with E-state index in [1.165, 1.54) is 0 Å². The molecule has 7 aromatic carbocycles. The maximum absolute atomic E-state index is 14.9. The van der Waals surface area contributed by atoms with Crippen molar-refractivity contribution in [3.8, 4) is 22.3 Å².